The van der Waals surface area contributed by atoms with Gasteiger partial charge in [-0.15, -0.1) is 0 Å². The van der Waals surface area contributed by atoms with E-state index >= 15 is 0 Å². The molecule has 94 valence electrons. The Morgan fingerprint density at radius 2 is 2.24 bits per heavy atom. The molecule has 0 spiro atoms. The van der Waals surface area contributed by atoms with E-state index in [9.17, 15) is 5.11 Å². The lowest BCUT2D eigenvalue weighted by molar-refractivity contribution is 0.0596. The standard InChI is InChI=1S/C13H18ClNO2/c1-8(15)10-7-9(14)5-6-12(10)17-13-4-2-3-11(13)16/h5-8,11,13,16H,2-4,15H2,1H3. The van der Waals surface area contributed by atoms with Crippen molar-refractivity contribution in [1.82, 2.24) is 0 Å². The summed E-state index contributed by atoms with van der Waals surface area (Å²) in [5, 5.41) is 10.4. The van der Waals surface area contributed by atoms with Gasteiger partial charge < -0.3 is 15.6 Å². The molecule has 1 aromatic carbocycles. The highest BCUT2D eigenvalue weighted by atomic mass is 35.5. The van der Waals surface area contributed by atoms with E-state index in [0.29, 0.717) is 5.02 Å². The Balaban J connectivity index is 2.19. The van der Waals surface area contributed by atoms with Gasteiger partial charge in [-0.3, -0.25) is 0 Å². The van der Waals surface area contributed by atoms with Gasteiger partial charge in [0.15, 0.2) is 0 Å². The van der Waals surface area contributed by atoms with Gasteiger partial charge in [-0.1, -0.05) is 11.6 Å². The fraction of sp³-hybridized carbons (Fsp3) is 0.538. The van der Waals surface area contributed by atoms with Crippen molar-refractivity contribution in [3.05, 3.63) is 28.8 Å². The quantitative estimate of drug-likeness (QED) is 0.873. The van der Waals surface area contributed by atoms with Crippen LogP contribution in [-0.4, -0.2) is 17.3 Å². The monoisotopic (exact) mass is 255 g/mol. The van der Waals surface area contributed by atoms with E-state index in [1.54, 1.807) is 6.07 Å². The van der Waals surface area contributed by atoms with Crippen LogP contribution in [0.5, 0.6) is 5.75 Å². The lowest BCUT2D eigenvalue weighted by Gasteiger charge is -2.21. The average Bonchev–Trinajstić information content (AvgIpc) is 2.67. The Morgan fingerprint density at radius 3 is 2.82 bits per heavy atom. The number of benzene rings is 1. The van der Waals surface area contributed by atoms with Crippen molar-refractivity contribution >= 4 is 11.6 Å². The van der Waals surface area contributed by atoms with Crippen LogP contribution >= 0.6 is 11.6 Å². The molecule has 0 aliphatic heterocycles. The first kappa shape index (κ1) is 12.7. The van der Waals surface area contributed by atoms with Crippen molar-refractivity contribution in [2.75, 3.05) is 0 Å². The largest absolute Gasteiger partial charge is 0.487 e. The Morgan fingerprint density at radius 1 is 1.47 bits per heavy atom. The molecule has 0 aromatic heterocycles. The Bertz CT molecular complexity index is 395. The molecule has 0 amide bonds. The predicted molar refractivity (Wildman–Crippen MR) is 68.3 cm³/mol. The van der Waals surface area contributed by atoms with Gasteiger partial charge in [-0.05, 0) is 44.4 Å². The first-order valence-corrected chi connectivity index (χ1v) is 6.35. The predicted octanol–water partition coefficient (Wildman–Crippen LogP) is 2.65. The molecule has 17 heavy (non-hydrogen) atoms. The molecule has 3 atom stereocenters. The molecule has 0 radical (unpaired) electrons. The number of hydrogen-bond acceptors (Lipinski definition) is 3. The average molecular weight is 256 g/mol. The fourth-order valence-electron chi connectivity index (χ4n) is 2.19. The van der Waals surface area contributed by atoms with Crippen molar-refractivity contribution in [3.8, 4) is 5.75 Å². The minimum absolute atomic E-state index is 0.117. The van der Waals surface area contributed by atoms with E-state index in [4.69, 9.17) is 22.1 Å². The van der Waals surface area contributed by atoms with Crippen molar-refractivity contribution < 1.29 is 9.84 Å². The number of aliphatic hydroxyl groups is 1. The molecule has 2 rings (SSSR count). The maximum Gasteiger partial charge on any atom is 0.124 e. The van der Waals surface area contributed by atoms with Gasteiger partial charge in [0.1, 0.15) is 11.9 Å². The van der Waals surface area contributed by atoms with E-state index in [2.05, 4.69) is 0 Å². The van der Waals surface area contributed by atoms with E-state index in [0.717, 1.165) is 30.6 Å². The van der Waals surface area contributed by atoms with Crippen molar-refractivity contribution in [2.24, 2.45) is 5.73 Å². The number of halogens is 1. The zero-order valence-corrected chi connectivity index (χ0v) is 10.7. The summed E-state index contributed by atoms with van der Waals surface area (Å²) in [6, 6.07) is 5.29. The van der Waals surface area contributed by atoms with E-state index < -0.39 is 0 Å². The maximum atomic E-state index is 9.75. The molecule has 3 nitrogen and oxygen atoms in total. The molecular formula is C13H18ClNO2. The Labute approximate surface area is 107 Å². The highest BCUT2D eigenvalue weighted by molar-refractivity contribution is 6.30. The van der Waals surface area contributed by atoms with Crippen LogP contribution in [0.15, 0.2) is 18.2 Å². The highest BCUT2D eigenvalue weighted by Crippen LogP contribution is 2.31. The fourth-order valence-corrected chi connectivity index (χ4v) is 2.37. The van der Waals surface area contributed by atoms with Crippen LogP contribution in [0.4, 0.5) is 0 Å². The van der Waals surface area contributed by atoms with Crippen LogP contribution in [0.1, 0.15) is 37.8 Å². The lowest BCUT2D eigenvalue weighted by Crippen LogP contribution is -2.26. The van der Waals surface area contributed by atoms with Crippen molar-refractivity contribution in [3.63, 3.8) is 0 Å². The van der Waals surface area contributed by atoms with Gasteiger partial charge in [-0.2, -0.15) is 0 Å². The maximum absolute atomic E-state index is 9.75. The number of aliphatic hydroxyl groups excluding tert-OH is 1. The third-order valence-electron chi connectivity index (χ3n) is 3.16. The highest BCUT2D eigenvalue weighted by Gasteiger charge is 2.27. The van der Waals surface area contributed by atoms with Gasteiger partial charge in [-0.25, -0.2) is 0 Å². The van der Waals surface area contributed by atoms with Gasteiger partial charge in [0.05, 0.1) is 6.10 Å². The molecule has 1 aliphatic rings. The number of hydrogen-bond donors (Lipinski definition) is 2. The Kier molecular flexibility index (Phi) is 3.92. The zero-order chi connectivity index (χ0) is 12.4. The number of rotatable bonds is 3. The molecule has 4 heteroatoms. The van der Waals surface area contributed by atoms with E-state index in [1.165, 1.54) is 0 Å². The topological polar surface area (TPSA) is 55.5 Å². The van der Waals surface area contributed by atoms with Crippen LogP contribution in [0.3, 0.4) is 0 Å². The van der Waals surface area contributed by atoms with Crippen LogP contribution in [-0.2, 0) is 0 Å². The third-order valence-corrected chi connectivity index (χ3v) is 3.39. The van der Waals surface area contributed by atoms with Gasteiger partial charge >= 0.3 is 0 Å². The summed E-state index contributed by atoms with van der Waals surface area (Å²) in [7, 11) is 0. The first-order valence-electron chi connectivity index (χ1n) is 5.97. The molecular weight excluding hydrogens is 238 g/mol. The minimum Gasteiger partial charge on any atom is -0.487 e. The van der Waals surface area contributed by atoms with E-state index in [1.807, 2.05) is 19.1 Å². The normalized spacial score (nSPS) is 25.9. The second-order valence-electron chi connectivity index (χ2n) is 4.63. The molecule has 3 unspecified atom stereocenters. The van der Waals surface area contributed by atoms with Crippen LogP contribution in [0.2, 0.25) is 5.02 Å². The summed E-state index contributed by atoms with van der Waals surface area (Å²) in [5.41, 5.74) is 6.78. The first-order chi connectivity index (χ1) is 8.08. The summed E-state index contributed by atoms with van der Waals surface area (Å²) >= 11 is 5.95. The third kappa shape index (κ3) is 2.92. The van der Waals surface area contributed by atoms with E-state index in [-0.39, 0.29) is 18.2 Å². The van der Waals surface area contributed by atoms with Gasteiger partial charge in [0.25, 0.3) is 0 Å². The summed E-state index contributed by atoms with van der Waals surface area (Å²) in [6.45, 7) is 1.89. The summed E-state index contributed by atoms with van der Waals surface area (Å²) < 4.78 is 5.85. The number of nitrogens with two attached hydrogens (primary N) is 1. The zero-order valence-electron chi connectivity index (χ0n) is 9.90. The second-order valence-corrected chi connectivity index (χ2v) is 5.06. The molecule has 3 N–H and O–H groups in total. The summed E-state index contributed by atoms with van der Waals surface area (Å²) in [4.78, 5) is 0. The molecule has 0 heterocycles. The van der Waals surface area contributed by atoms with Crippen LogP contribution < -0.4 is 10.5 Å². The molecule has 1 aliphatic carbocycles. The van der Waals surface area contributed by atoms with Crippen LogP contribution in [0, 0.1) is 0 Å². The van der Waals surface area contributed by atoms with Crippen LogP contribution in [0.25, 0.3) is 0 Å². The summed E-state index contributed by atoms with van der Waals surface area (Å²) in [5.74, 6) is 0.732. The molecule has 1 saturated carbocycles. The smallest absolute Gasteiger partial charge is 0.124 e. The SMILES string of the molecule is CC(N)c1cc(Cl)ccc1OC1CCCC1O. The van der Waals surface area contributed by atoms with Gasteiger partial charge in [0.2, 0.25) is 0 Å². The minimum atomic E-state index is -0.369. The molecule has 0 bridgehead atoms. The summed E-state index contributed by atoms with van der Waals surface area (Å²) in [6.07, 6.45) is 2.22. The Hall–Kier alpha value is -0.770. The van der Waals surface area contributed by atoms with Gasteiger partial charge in [0, 0.05) is 16.6 Å². The molecule has 1 fully saturated rings. The van der Waals surface area contributed by atoms with Crippen molar-refractivity contribution in [1.29, 1.82) is 0 Å². The molecule has 0 saturated heterocycles. The van der Waals surface area contributed by atoms with Crippen molar-refractivity contribution in [2.45, 2.75) is 44.4 Å². The molecule has 1 aromatic rings. The number of ether oxygens (including phenoxy) is 1. The second kappa shape index (κ2) is 5.25. The lowest BCUT2D eigenvalue weighted by atomic mass is 10.1.